The van der Waals surface area contributed by atoms with Gasteiger partial charge in [-0.3, -0.25) is 19.2 Å². The van der Waals surface area contributed by atoms with Gasteiger partial charge in [-0.1, -0.05) is 73.5 Å². The van der Waals surface area contributed by atoms with E-state index in [-0.39, 0.29) is 31.8 Å². The first-order chi connectivity index (χ1) is 19.3. The molecule has 1 aliphatic rings. The topological polar surface area (TPSA) is 127 Å². The molecular weight excluding hydrogens is 514 g/mol. The second-order valence-corrected chi connectivity index (χ2v) is 9.63. The van der Waals surface area contributed by atoms with Crippen LogP contribution in [0.15, 0.2) is 72.8 Å². The lowest BCUT2D eigenvalue weighted by Crippen LogP contribution is -2.47. The minimum absolute atomic E-state index is 0.00128. The number of ketones is 2. The quantitative estimate of drug-likeness (QED) is 0.200. The number of amides is 2. The molecule has 2 amide bonds. The molecule has 9 heteroatoms. The smallest absolute Gasteiger partial charge is 0.417 e. The van der Waals surface area contributed by atoms with Crippen LogP contribution in [-0.4, -0.2) is 58.9 Å². The van der Waals surface area contributed by atoms with Crippen molar-refractivity contribution in [1.29, 1.82) is 0 Å². The molecule has 0 saturated carbocycles. The van der Waals surface area contributed by atoms with Crippen LogP contribution < -0.4 is 0 Å². The molecule has 0 spiro atoms. The molecule has 0 aliphatic carbocycles. The molecule has 1 aliphatic heterocycles. The van der Waals surface area contributed by atoms with E-state index in [4.69, 9.17) is 14.6 Å². The Hall–Kier alpha value is -4.11. The van der Waals surface area contributed by atoms with Crippen LogP contribution in [0, 0.1) is 5.92 Å². The summed E-state index contributed by atoms with van der Waals surface area (Å²) in [6, 6.07) is 17.1. The highest BCUT2D eigenvalue weighted by molar-refractivity contribution is 6.04. The van der Waals surface area contributed by atoms with E-state index in [1.165, 1.54) is 0 Å². The van der Waals surface area contributed by atoms with Crippen molar-refractivity contribution in [2.75, 3.05) is 13.2 Å². The second kappa shape index (κ2) is 15.5. The van der Waals surface area contributed by atoms with Crippen molar-refractivity contribution in [3.8, 4) is 0 Å². The van der Waals surface area contributed by atoms with Crippen molar-refractivity contribution < 1.29 is 38.6 Å². The summed E-state index contributed by atoms with van der Waals surface area (Å²) < 4.78 is 10.6. The number of hydrogen-bond donors (Lipinski definition) is 1. The minimum Gasteiger partial charge on any atom is -0.453 e. The maximum absolute atomic E-state index is 14.0. The molecule has 3 atom stereocenters. The Morgan fingerprint density at radius 2 is 1.62 bits per heavy atom. The zero-order valence-electron chi connectivity index (χ0n) is 22.6. The highest BCUT2D eigenvalue weighted by Gasteiger charge is 2.46. The monoisotopic (exact) mass is 549 g/mol. The second-order valence-electron chi connectivity index (χ2n) is 9.63. The molecule has 2 aromatic carbocycles. The lowest BCUT2D eigenvalue weighted by atomic mass is 9.89. The van der Waals surface area contributed by atoms with E-state index < -0.39 is 41.8 Å². The molecule has 0 unspecified atom stereocenters. The number of hydrogen-bond acceptors (Lipinski definition) is 8. The first-order valence-corrected chi connectivity index (χ1v) is 13.4. The van der Waals surface area contributed by atoms with E-state index in [9.17, 15) is 24.0 Å². The summed E-state index contributed by atoms with van der Waals surface area (Å²) in [4.78, 5) is 65.5. The third-order valence-electron chi connectivity index (χ3n) is 6.61. The Balaban J connectivity index is 1.88. The highest BCUT2D eigenvalue weighted by atomic mass is 16.6. The molecule has 3 rings (SSSR count). The number of carbonyl (C=O) groups is 5. The molecule has 40 heavy (non-hydrogen) atoms. The molecule has 2 aromatic rings. The Bertz CT molecular complexity index is 1190. The van der Waals surface area contributed by atoms with Crippen LogP contribution >= 0.6 is 0 Å². The average molecular weight is 550 g/mol. The van der Waals surface area contributed by atoms with Gasteiger partial charge in [0.15, 0.2) is 17.7 Å². The fourth-order valence-corrected chi connectivity index (χ4v) is 4.59. The van der Waals surface area contributed by atoms with Crippen molar-refractivity contribution in [3.05, 3.63) is 83.9 Å². The molecule has 1 N–H and O–H groups in total. The first kappa shape index (κ1) is 30.4. The van der Waals surface area contributed by atoms with Crippen LogP contribution in [0.25, 0.3) is 0 Å². The Morgan fingerprint density at radius 1 is 0.975 bits per heavy atom. The number of carbonyl (C=O) groups excluding carboxylic acids is 5. The summed E-state index contributed by atoms with van der Waals surface area (Å²) in [6.07, 6.45) is 2.81. The van der Waals surface area contributed by atoms with Gasteiger partial charge < -0.3 is 14.6 Å². The van der Waals surface area contributed by atoms with Gasteiger partial charge in [0.1, 0.15) is 12.6 Å². The molecule has 1 fully saturated rings. The fourth-order valence-electron chi connectivity index (χ4n) is 4.59. The van der Waals surface area contributed by atoms with Crippen molar-refractivity contribution in [3.63, 3.8) is 0 Å². The Morgan fingerprint density at radius 3 is 2.27 bits per heavy atom. The number of nitrogens with zero attached hydrogens (tertiary/aromatic N) is 1. The number of unbranched alkanes of at least 4 members (excludes halogenated alkanes) is 3. The molecule has 0 radical (unpaired) electrons. The number of rotatable bonds is 15. The van der Waals surface area contributed by atoms with Gasteiger partial charge in [-0.2, -0.15) is 0 Å². The fraction of sp³-hybridized carbons (Fsp3) is 0.387. The number of imide groups is 1. The summed E-state index contributed by atoms with van der Waals surface area (Å²) in [5, 5.41) is 8.86. The van der Waals surface area contributed by atoms with Gasteiger partial charge in [0.25, 0.3) is 0 Å². The van der Waals surface area contributed by atoms with Gasteiger partial charge in [-0.05, 0) is 42.5 Å². The van der Waals surface area contributed by atoms with Crippen LogP contribution in [0.1, 0.15) is 56.2 Å². The van der Waals surface area contributed by atoms with E-state index in [2.05, 4.69) is 0 Å². The first-order valence-electron chi connectivity index (χ1n) is 13.4. The van der Waals surface area contributed by atoms with Crippen molar-refractivity contribution >= 4 is 29.5 Å². The van der Waals surface area contributed by atoms with E-state index in [0.29, 0.717) is 24.0 Å². The summed E-state index contributed by atoms with van der Waals surface area (Å²) in [5.41, 5.74) is 1.37. The molecular formula is C31H35NO8. The minimum atomic E-state index is -1.57. The summed E-state index contributed by atoms with van der Waals surface area (Å²) in [7, 11) is 0. The predicted molar refractivity (Wildman–Crippen MR) is 146 cm³/mol. The van der Waals surface area contributed by atoms with E-state index in [0.717, 1.165) is 36.8 Å². The standard InChI is InChI=1S/C31H35NO8/c1-22(34)40-29(28(36)18-17-25(35)16-10-2-3-11-19-33)26(20-23-12-6-4-7-13-23)30(37)32-27(21-39-31(32)38)24-14-8-5-9-15-24/h4-9,12-15,17-18,26-27,29,33H,2-3,10-11,16,19-21H2,1H3/t26-,27+,29-/m1/s1. The number of benzene rings is 2. The van der Waals surface area contributed by atoms with E-state index >= 15 is 0 Å². The normalized spacial score (nSPS) is 16.4. The van der Waals surface area contributed by atoms with Gasteiger partial charge in [-0.15, -0.1) is 0 Å². The van der Waals surface area contributed by atoms with Gasteiger partial charge in [-0.25, -0.2) is 9.69 Å². The third kappa shape index (κ3) is 8.71. The van der Waals surface area contributed by atoms with Crippen molar-refractivity contribution in [2.45, 2.75) is 57.6 Å². The van der Waals surface area contributed by atoms with Crippen molar-refractivity contribution in [1.82, 2.24) is 4.90 Å². The van der Waals surface area contributed by atoms with Crippen LogP contribution in [0.2, 0.25) is 0 Å². The predicted octanol–water partition coefficient (Wildman–Crippen LogP) is 4.13. The van der Waals surface area contributed by atoms with Gasteiger partial charge >= 0.3 is 12.1 Å². The van der Waals surface area contributed by atoms with Crippen LogP contribution in [0.4, 0.5) is 4.79 Å². The number of aliphatic hydroxyl groups is 1. The SMILES string of the molecule is CC(=O)O[C@@H](C(=O)C=CC(=O)CCCCCCO)[C@@H](Cc1ccccc1)C(=O)N1C(=O)OC[C@H]1c1ccccc1. The molecule has 0 aromatic heterocycles. The van der Waals surface area contributed by atoms with Crippen LogP contribution in [0.3, 0.4) is 0 Å². The van der Waals surface area contributed by atoms with E-state index in [1.807, 2.05) is 6.07 Å². The van der Waals surface area contributed by atoms with Crippen molar-refractivity contribution in [2.24, 2.45) is 5.92 Å². The zero-order chi connectivity index (χ0) is 28.9. The summed E-state index contributed by atoms with van der Waals surface area (Å²) >= 11 is 0. The number of cyclic esters (lactones) is 1. The lowest BCUT2D eigenvalue weighted by molar-refractivity contribution is -0.158. The maximum atomic E-state index is 14.0. The number of ether oxygens (including phenoxy) is 2. The largest absolute Gasteiger partial charge is 0.453 e. The molecule has 0 bridgehead atoms. The van der Waals surface area contributed by atoms with Gasteiger partial charge in [0.05, 0.1) is 5.92 Å². The zero-order valence-corrected chi connectivity index (χ0v) is 22.6. The highest BCUT2D eigenvalue weighted by Crippen LogP contribution is 2.31. The van der Waals surface area contributed by atoms with Gasteiger partial charge in [0.2, 0.25) is 5.91 Å². The Labute approximate surface area is 233 Å². The molecule has 9 nitrogen and oxygen atoms in total. The Kier molecular flexibility index (Phi) is 11.8. The number of allylic oxidation sites excluding steroid dienone is 1. The number of aliphatic hydroxyl groups excluding tert-OH is 1. The summed E-state index contributed by atoms with van der Waals surface area (Å²) in [5.74, 6) is -3.77. The maximum Gasteiger partial charge on any atom is 0.417 e. The molecule has 1 saturated heterocycles. The number of esters is 1. The summed E-state index contributed by atoms with van der Waals surface area (Å²) in [6.45, 7) is 1.18. The lowest BCUT2D eigenvalue weighted by Gasteiger charge is -2.29. The van der Waals surface area contributed by atoms with Gasteiger partial charge in [0, 0.05) is 20.0 Å². The van der Waals surface area contributed by atoms with Crippen LogP contribution in [0.5, 0.6) is 0 Å². The van der Waals surface area contributed by atoms with E-state index in [1.54, 1.807) is 54.6 Å². The van der Waals surface area contributed by atoms with Crippen LogP contribution in [-0.2, 0) is 35.1 Å². The third-order valence-corrected chi connectivity index (χ3v) is 6.61. The average Bonchev–Trinajstić information content (AvgIpc) is 3.35. The molecule has 212 valence electrons. The molecule has 1 heterocycles.